The van der Waals surface area contributed by atoms with Crippen molar-refractivity contribution >= 4 is 34.7 Å². The summed E-state index contributed by atoms with van der Waals surface area (Å²) < 4.78 is 7.40. The van der Waals surface area contributed by atoms with Crippen molar-refractivity contribution in [1.82, 2.24) is 24.6 Å². The Morgan fingerprint density at radius 2 is 1.78 bits per heavy atom. The molecule has 2 amide bonds. The first kappa shape index (κ1) is 33.6. The van der Waals surface area contributed by atoms with Gasteiger partial charge in [-0.15, -0.1) is 0 Å². The summed E-state index contributed by atoms with van der Waals surface area (Å²) in [6.45, 7) is 11.7. The highest BCUT2D eigenvalue weighted by Crippen LogP contribution is 2.38. The second-order valence-corrected chi connectivity index (χ2v) is 12.8. The molecule has 0 saturated carbocycles. The van der Waals surface area contributed by atoms with Crippen LogP contribution < -0.4 is 16.4 Å². The topological polar surface area (TPSA) is 154 Å². The number of aromatic nitrogens is 3. The fraction of sp³-hybridized carbons (Fsp3) is 0.324. The van der Waals surface area contributed by atoms with Crippen LogP contribution in [0, 0.1) is 5.41 Å². The first-order valence-electron chi connectivity index (χ1n) is 16.6. The maximum Gasteiger partial charge on any atom is 0.255 e. The monoisotopic (exact) mass is 661 g/mol. The molecule has 12 nitrogen and oxygen atoms in total. The van der Waals surface area contributed by atoms with Gasteiger partial charge in [-0.2, -0.15) is 5.10 Å². The van der Waals surface area contributed by atoms with Crippen molar-refractivity contribution in [3.05, 3.63) is 103 Å². The summed E-state index contributed by atoms with van der Waals surface area (Å²) in [5, 5.41) is 20.7. The average molecular weight is 662 g/mol. The molecule has 4 heterocycles. The van der Waals surface area contributed by atoms with Crippen molar-refractivity contribution in [2.45, 2.75) is 31.8 Å². The largest absolute Gasteiger partial charge is 0.383 e. The second-order valence-electron chi connectivity index (χ2n) is 12.8. The number of hydrogen-bond acceptors (Lipinski definition) is 9. The van der Waals surface area contributed by atoms with Crippen LogP contribution in [0.4, 0.5) is 17.2 Å². The van der Waals surface area contributed by atoms with Crippen LogP contribution in [0.1, 0.15) is 41.3 Å². The predicted octanol–water partition coefficient (Wildman–Crippen LogP) is 4.51. The Bertz CT molecular complexity index is 1820. The van der Waals surface area contributed by atoms with E-state index in [2.05, 4.69) is 39.1 Å². The van der Waals surface area contributed by atoms with Crippen LogP contribution in [0.15, 0.2) is 85.8 Å². The maximum absolute atomic E-state index is 12.9. The minimum atomic E-state index is -0.528. The van der Waals surface area contributed by atoms with E-state index in [0.717, 1.165) is 56.8 Å². The van der Waals surface area contributed by atoms with Gasteiger partial charge in [-0.1, -0.05) is 36.9 Å². The number of nitrogen functional groups attached to an aromatic ring is 1. The molecule has 12 heteroatoms. The van der Waals surface area contributed by atoms with Crippen molar-refractivity contribution in [2.75, 3.05) is 62.3 Å². The molecule has 0 aliphatic carbocycles. The number of anilines is 3. The standard InChI is InChI=1S/C37H43N9O3/c1-3-31(47)45-15-7-14-37(2,25-45)43-34-30(28-22-41-46(24-28)17-16-44-18-20-49-21-19-44)23-40-35(39)32(34)33(38)26-10-12-27(13-11-26)36(48)42-29-8-5-4-6-9-29/h3-6,8-13,22-24,38H,1,7,14-21,25H2,2H3,(H,42,48)(H3,39,40,43). The Balaban J connectivity index is 1.32. The summed E-state index contributed by atoms with van der Waals surface area (Å²) in [6, 6.07) is 16.1. The van der Waals surface area contributed by atoms with Gasteiger partial charge in [0.1, 0.15) is 5.82 Å². The molecule has 0 spiro atoms. The summed E-state index contributed by atoms with van der Waals surface area (Å²) in [7, 11) is 0. The van der Waals surface area contributed by atoms with E-state index in [4.69, 9.17) is 10.5 Å². The Kier molecular flexibility index (Phi) is 10.2. The molecule has 254 valence electrons. The maximum atomic E-state index is 12.9. The van der Waals surface area contributed by atoms with Crippen LogP contribution in [0.3, 0.4) is 0 Å². The molecular formula is C37H43N9O3. The minimum absolute atomic E-state index is 0.118. The van der Waals surface area contributed by atoms with E-state index < -0.39 is 5.54 Å². The van der Waals surface area contributed by atoms with Crippen LogP contribution in [-0.2, 0) is 16.1 Å². The van der Waals surface area contributed by atoms with Gasteiger partial charge in [0.15, 0.2) is 0 Å². The molecule has 0 radical (unpaired) electrons. The fourth-order valence-corrected chi connectivity index (χ4v) is 6.44. The van der Waals surface area contributed by atoms with Crippen molar-refractivity contribution < 1.29 is 14.3 Å². The minimum Gasteiger partial charge on any atom is -0.383 e. The number of hydrogen-bond donors (Lipinski definition) is 4. The normalized spacial score (nSPS) is 18.1. The third-order valence-corrected chi connectivity index (χ3v) is 9.13. The number of nitrogens with zero attached hydrogens (tertiary/aromatic N) is 5. The number of carbonyl (C=O) groups is 2. The van der Waals surface area contributed by atoms with E-state index >= 15 is 0 Å². The molecule has 2 aliphatic heterocycles. The van der Waals surface area contributed by atoms with E-state index in [1.54, 1.807) is 35.4 Å². The number of para-hydroxylation sites is 1. The second kappa shape index (κ2) is 14.8. The first-order chi connectivity index (χ1) is 23.7. The van der Waals surface area contributed by atoms with E-state index in [-0.39, 0.29) is 23.3 Å². The third-order valence-electron chi connectivity index (χ3n) is 9.13. The van der Waals surface area contributed by atoms with E-state index in [1.165, 1.54) is 6.08 Å². The van der Waals surface area contributed by atoms with Gasteiger partial charge >= 0.3 is 0 Å². The Labute approximate surface area is 286 Å². The zero-order chi connectivity index (χ0) is 34.4. The highest BCUT2D eigenvalue weighted by Gasteiger charge is 2.35. The van der Waals surface area contributed by atoms with Gasteiger partial charge in [0, 0.05) is 73.1 Å². The van der Waals surface area contributed by atoms with Crippen LogP contribution >= 0.6 is 0 Å². The zero-order valence-electron chi connectivity index (χ0n) is 27.8. The van der Waals surface area contributed by atoms with E-state index in [9.17, 15) is 15.0 Å². The first-order valence-corrected chi connectivity index (χ1v) is 16.6. The molecule has 1 atom stereocenters. The summed E-state index contributed by atoms with van der Waals surface area (Å²) >= 11 is 0. The van der Waals surface area contributed by atoms with Gasteiger partial charge in [0.2, 0.25) is 5.91 Å². The Morgan fingerprint density at radius 1 is 1.04 bits per heavy atom. The molecule has 0 bridgehead atoms. The Morgan fingerprint density at radius 3 is 2.51 bits per heavy atom. The van der Waals surface area contributed by atoms with Crippen molar-refractivity contribution in [2.24, 2.45) is 0 Å². The third kappa shape index (κ3) is 7.87. The van der Waals surface area contributed by atoms with E-state index in [1.807, 2.05) is 47.4 Å². The summed E-state index contributed by atoms with van der Waals surface area (Å²) in [4.78, 5) is 34.2. The number of piperidine rings is 1. The lowest BCUT2D eigenvalue weighted by Crippen LogP contribution is -2.52. The number of carbonyl (C=O) groups excluding carboxylic acids is 2. The molecule has 4 aromatic rings. The molecule has 5 N–H and O–H groups in total. The molecule has 49 heavy (non-hydrogen) atoms. The number of nitrogens with two attached hydrogens (primary N) is 1. The van der Waals surface area contributed by atoms with Crippen LogP contribution in [0.2, 0.25) is 0 Å². The summed E-state index contributed by atoms with van der Waals surface area (Å²) in [5.74, 6) is -0.169. The van der Waals surface area contributed by atoms with Crippen molar-refractivity contribution in [3.8, 4) is 11.1 Å². The molecule has 2 aromatic heterocycles. The van der Waals surface area contributed by atoms with Gasteiger partial charge in [0.25, 0.3) is 5.91 Å². The molecule has 2 fully saturated rings. The van der Waals surface area contributed by atoms with Gasteiger partial charge in [-0.3, -0.25) is 24.6 Å². The fourth-order valence-electron chi connectivity index (χ4n) is 6.44. The van der Waals surface area contributed by atoms with E-state index in [0.29, 0.717) is 47.7 Å². The number of nitrogens with one attached hydrogen (secondary N) is 3. The molecule has 1 unspecified atom stereocenters. The smallest absolute Gasteiger partial charge is 0.255 e. The number of benzene rings is 2. The summed E-state index contributed by atoms with van der Waals surface area (Å²) in [6.07, 6.45) is 8.46. The molecular weight excluding hydrogens is 618 g/mol. The number of morpholine rings is 1. The SMILES string of the molecule is C=CC(=O)N1CCCC(C)(Nc2c(-c3cnn(CCN4CCOCC4)c3)cnc(N)c2C(=N)c2ccc(C(=O)Nc3ccccc3)cc2)C1. The zero-order valence-corrected chi connectivity index (χ0v) is 27.8. The van der Waals surface area contributed by atoms with Crippen molar-refractivity contribution in [1.29, 1.82) is 5.41 Å². The lowest BCUT2D eigenvalue weighted by atomic mass is 9.88. The van der Waals surface area contributed by atoms with Gasteiger partial charge in [0.05, 0.1) is 48.5 Å². The van der Waals surface area contributed by atoms with Crippen LogP contribution in [0.5, 0.6) is 0 Å². The number of likely N-dealkylation sites (tertiary alicyclic amines) is 1. The highest BCUT2D eigenvalue weighted by molar-refractivity contribution is 6.18. The summed E-state index contributed by atoms with van der Waals surface area (Å²) in [5.41, 5.74) is 10.6. The molecule has 2 aromatic carbocycles. The lowest BCUT2D eigenvalue weighted by Gasteiger charge is -2.42. The quantitative estimate of drug-likeness (QED) is 0.135. The van der Waals surface area contributed by atoms with Gasteiger partial charge in [-0.05, 0) is 50.1 Å². The van der Waals surface area contributed by atoms with Crippen molar-refractivity contribution in [3.63, 3.8) is 0 Å². The van der Waals surface area contributed by atoms with Gasteiger partial charge in [-0.25, -0.2) is 4.98 Å². The number of amides is 2. The molecule has 6 rings (SSSR count). The number of ether oxygens (including phenoxy) is 1. The molecule has 2 saturated heterocycles. The lowest BCUT2D eigenvalue weighted by molar-refractivity contribution is -0.127. The predicted molar refractivity (Wildman–Crippen MR) is 192 cm³/mol. The van der Waals surface area contributed by atoms with Crippen LogP contribution in [0.25, 0.3) is 11.1 Å². The molecule has 2 aliphatic rings. The number of rotatable bonds is 11. The van der Waals surface area contributed by atoms with Crippen LogP contribution in [-0.4, -0.2) is 93.6 Å². The highest BCUT2D eigenvalue weighted by atomic mass is 16.5. The average Bonchev–Trinajstić information content (AvgIpc) is 3.60. The van der Waals surface area contributed by atoms with Gasteiger partial charge < -0.3 is 26.0 Å². The number of pyridine rings is 1. The Hall–Kier alpha value is -5.33.